The van der Waals surface area contributed by atoms with Crippen molar-refractivity contribution >= 4 is 11.9 Å². The van der Waals surface area contributed by atoms with Crippen molar-refractivity contribution in [3.8, 4) is 0 Å². The Morgan fingerprint density at radius 1 is 1.36 bits per heavy atom. The van der Waals surface area contributed by atoms with Crippen LogP contribution in [0.15, 0.2) is 4.99 Å². The lowest BCUT2D eigenvalue weighted by Crippen LogP contribution is -2.40. The molecule has 1 rings (SSSR count). The third-order valence-electron chi connectivity index (χ3n) is 4.60. The lowest BCUT2D eigenvalue weighted by atomic mass is 9.87. The number of likely N-dealkylation sites (tertiary alicyclic amines) is 1. The Labute approximate surface area is 135 Å². The molecule has 0 aromatic heterocycles. The number of esters is 1. The Balaban J connectivity index is 2.32. The highest BCUT2D eigenvalue weighted by Crippen LogP contribution is 2.28. The molecule has 0 amide bonds. The van der Waals surface area contributed by atoms with Crippen LogP contribution in [-0.2, 0) is 9.53 Å². The molecule has 0 radical (unpaired) electrons. The van der Waals surface area contributed by atoms with Gasteiger partial charge in [-0.3, -0.25) is 9.79 Å². The van der Waals surface area contributed by atoms with Gasteiger partial charge in [0.1, 0.15) is 0 Å². The number of nitrogens with one attached hydrogen (secondary N) is 1. The molecule has 1 atom stereocenters. The van der Waals surface area contributed by atoms with Crippen LogP contribution in [0, 0.1) is 11.8 Å². The highest BCUT2D eigenvalue weighted by atomic mass is 16.5. The Hall–Kier alpha value is -1.26. The molecule has 1 fully saturated rings. The van der Waals surface area contributed by atoms with Gasteiger partial charge in [0.05, 0.1) is 6.61 Å². The molecule has 0 saturated carbocycles. The number of guanidine groups is 1. The van der Waals surface area contributed by atoms with Crippen molar-refractivity contribution in [2.45, 2.75) is 52.9 Å². The van der Waals surface area contributed by atoms with Crippen LogP contribution >= 0.6 is 0 Å². The number of hydrogen-bond acceptors (Lipinski definition) is 3. The van der Waals surface area contributed by atoms with Crippen LogP contribution < -0.4 is 5.32 Å². The van der Waals surface area contributed by atoms with E-state index in [0.717, 1.165) is 43.9 Å². The first-order valence-corrected chi connectivity index (χ1v) is 8.77. The quantitative estimate of drug-likeness (QED) is 0.324. The maximum absolute atomic E-state index is 11.3. The first-order chi connectivity index (χ1) is 10.7. The van der Waals surface area contributed by atoms with Crippen molar-refractivity contribution in [2.24, 2.45) is 16.8 Å². The van der Waals surface area contributed by atoms with E-state index in [1.807, 2.05) is 14.0 Å². The molecular weight excluding hydrogens is 278 g/mol. The molecule has 0 aromatic rings. The maximum atomic E-state index is 11.3. The molecular formula is C17H33N3O2. The van der Waals surface area contributed by atoms with Gasteiger partial charge in [-0.1, -0.05) is 26.7 Å². The molecule has 0 spiro atoms. The van der Waals surface area contributed by atoms with Crippen molar-refractivity contribution in [1.29, 1.82) is 0 Å². The fourth-order valence-electron chi connectivity index (χ4n) is 3.32. The highest BCUT2D eigenvalue weighted by molar-refractivity contribution is 5.80. The van der Waals surface area contributed by atoms with E-state index >= 15 is 0 Å². The Bertz CT molecular complexity index is 354. The van der Waals surface area contributed by atoms with Crippen molar-refractivity contribution < 1.29 is 9.53 Å². The fraction of sp³-hybridized carbons (Fsp3) is 0.882. The van der Waals surface area contributed by atoms with E-state index in [1.54, 1.807) is 0 Å². The molecule has 1 aliphatic rings. The summed E-state index contributed by atoms with van der Waals surface area (Å²) in [5.74, 6) is 2.46. The molecule has 1 heterocycles. The summed E-state index contributed by atoms with van der Waals surface area (Å²) in [6.45, 7) is 9.82. The molecule has 0 bridgehead atoms. The summed E-state index contributed by atoms with van der Waals surface area (Å²) < 4.78 is 4.93. The van der Waals surface area contributed by atoms with Crippen LogP contribution in [0.1, 0.15) is 52.9 Å². The molecule has 128 valence electrons. The van der Waals surface area contributed by atoms with Gasteiger partial charge >= 0.3 is 5.97 Å². The number of nitrogens with zero attached hydrogens (tertiary/aromatic N) is 2. The maximum Gasteiger partial charge on any atom is 0.305 e. The molecule has 1 saturated heterocycles. The van der Waals surface area contributed by atoms with Crippen LogP contribution in [-0.4, -0.2) is 50.1 Å². The molecule has 0 aliphatic carbocycles. The molecule has 22 heavy (non-hydrogen) atoms. The number of ether oxygens (including phenoxy) is 1. The summed E-state index contributed by atoms with van der Waals surface area (Å²) in [5.41, 5.74) is 0. The molecule has 5 nitrogen and oxygen atoms in total. The van der Waals surface area contributed by atoms with Gasteiger partial charge in [0, 0.05) is 33.1 Å². The summed E-state index contributed by atoms with van der Waals surface area (Å²) in [6, 6.07) is 0. The van der Waals surface area contributed by atoms with E-state index < -0.39 is 0 Å². The van der Waals surface area contributed by atoms with Crippen LogP contribution in [0.25, 0.3) is 0 Å². The van der Waals surface area contributed by atoms with Gasteiger partial charge in [0.25, 0.3) is 0 Å². The third kappa shape index (κ3) is 5.85. The number of aliphatic imine (C=N–C) groups is 1. The largest absolute Gasteiger partial charge is 0.466 e. The van der Waals surface area contributed by atoms with Crippen molar-refractivity contribution in [3.05, 3.63) is 0 Å². The number of carbonyl (C=O) groups excluding carboxylic acids is 1. The second-order valence-electron chi connectivity index (χ2n) is 5.95. The van der Waals surface area contributed by atoms with E-state index in [4.69, 9.17) is 4.74 Å². The third-order valence-corrected chi connectivity index (χ3v) is 4.60. The summed E-state index contributed by atoms with van der Waals surface area (Å²) in [7, 11) is 1.83. The molecule has 1 aliphatic heterocycles. The van der Waals surface area contributed by atoms with Gasteiger partial charge < -0.3 is 15.0 Å². The number of rotatable bonds is 8. The van der Waals surface area contributed by atoms with Crippen molar-refractivity contribution in [1.82, 2.24) is 10.2 Å². The lowest BCUT2D eigenvalue weighted by molar-refractivity contribution is -0.143. The average molecular weight is 311 g/mol. The van der Waals surface area contributed by atoms with Crippen LogP contribution in [0.4, 0.5) is 0 Å². The van der Waals surface area contributed by atoms with Gasteiger partial charge in [0.2, 0.25) is 0 Å². The topological polar surface area (TPSA) is 53.9 Å². The fourth-order valence-corrected chi connectivity index (χ4v) is 3.32. The minimum absolute atomic E-state index is 0.116. The zero-order valence-electron chi connectivity index (χ0n) is 14.7. The minimum Gasteiger partial charge on any atom is -0.466 e. The summed E-state index contributed by atoms with van der Waals surface area (Å²) in [6.07, 6.45) is 5.03. The molecule has 5 heteroatoms. The predicted octanol–water partition coefficient (Wildman–Crippen LogP) is 2.66. The van der Waals surface area contributed by atoms with Gasteiger partial charge in [-0.05, 0) is 31.6 Å². The Morgan fingerprint density at radius 3 is 2.68 bits per heavy atom. The summed E-state index contributed by atoms with van der Waals surface area (Å²) >= 11 is 0. The van der Waals surface area contributed by atoms with Crippen LogP contribution in [0.3, 0.4) is 0 Å². The lowest BCUT2D eigenvalue weighted by Gasteiger charge is -2.24. The van der Waals surface area contributed by atoms with E-state index in [-0.39, 0.29) is 5.97 Å². The minimum atomic E-state index is -0.116. The number of hydrogen-bond donors (Lipinski definition) is 1. The standard InChI is InChI=1S/C17H33N3O2/c1-5-14(6-2)15-10-12-20(13-15)17(18-4)19-11-8-9-16(21)22-7-3/h14-15H,5-13H2,1-4H3,(H,18,19). The van der Waals surface area contributed by atoms with Crippen molar-refractivity contribution in [2.75, 3.05) is 33.3 Å². The monoisotopic (exact) mass is 311 g/mol. The van der Waals surface area contributed by atoms with Crippen molar-refractivity contribution in [3.63, 3.8) is 0 Å². The van der Waals surface area contributed by atoms with E-state index in [2.05, 4.69) is 29.1 Å². The van der Waals surface area contributed by atoms with Crippen LogP contribution in [0.2, 0.25) is 0 Å². The molecule has 1 unspecified atom stereocenters. The predicted molar refractivity (Wildman–Crippen MR) is 91.0 cm³/mol. The van der Waals surface area contributed by atoms with E-state index in [0.29, 0.717) is 13.0 Å². The first kappa shape index (κ1) is 18.8. The average Bonchev–Trinajstić information content (AvgIpc) is 2.98. The zero-order valence-corrected chi connectivity index (χ0v) is 14.7. The summed E-state index contributed by atoms with van der Waals surface area (Å²) in [4.78, 5) is 18.0. The second-order valence-corrected chi connectivity index (χ2v) is 5.95. The van der Waals surface area contributed by atoms with Gasteiger partial charge in [0.15, 0.2) is 5.96 Å². The molecule has 1 N–H and O–H groups in total. The zero-order chi connectivity index (χ0) is 16.4. The van der Waals surface area contributed by atoms with Gasteiger partial charge in [-0.15, -0.1) is 0 Å². The Kier molecular flexibility index (Phi) is 8.94. The van der Waals surface area contributed by atoms with E-state index in [9.17, 15) is 4.79 Å². The molecule has 0 aromatic carbocycles. The van der Waals surface area contributed by atoms with Gasteiger partial charge in [-0.2, -0.15) is 0 Å². The Morgan fingerprint density at radius 2 is 2.09 bits per heavy atom. The summed E-state index contributed by atoms with van der Waals surface area (Å²) in [5, 5.41) is 3.37. The highest BCUT2D eigenvalue weighted by Gasteiger charge is 2.29. The van der Waals surface area contributed by atoms with Crippen LogP contribution in [0.5, 0.6) is 0 Å². The van der Waals surface area contributed by atoms with Gasteiger partial charge in [-0.25, -0.2) is 0 Å². The number of carbonyl (C=O) groups is 1. The SMILES string of the molecule is CCOC(=O)CCCNC(=NC)N1CCC(C(CC)CC)C1. The first-order valence-electron chi connectivity index (χ1n) is 8.77. The van der Waals surface area contributed by atoms with E-state index in [1.165, 1.54) is 19.3 Å². The second kappa shape index (κ2) is 10.5. The smallest absolute Gasteiger partial charge is 0.305 e. The normalized spacial score (nSPS) is 18.9.